The Kier molecular flexibility index (Phi) is 15.0. The van der Waals surface area contributed by atoms with E-state index in [1.54, 1.807) is 23.3 Å². The molecule has 0 bridgehead atoms. The van der Waals surface area contributed by atoms with E-state index >= 15 is 0 Å². The quantitative estimate of drug-likeness (QED) is 0.235. The molecule has 0 radical (unpaired) electrons. The number of halogens is 2. The maximum absolute atomic E-state index is 3.15. The third-order valence-electron chi connectivity index (χ3n) is 5.73. The molecule has 6 rings (SSSR count). The second-order valence-electron chi connectivity index (χ2n) is 8.26. The van der Waals surface area contributed by atoms with Crippen LogP contribution in [0.15, 0.2) is 146 Å². The van der Waals surface area contributed by atoms with Crippen molar-refractivity contribution in [3.63, 3.8) is 0 Å². The van der Waals surface area contributed by atoms with E-state index in [0.717, 1.165) is 12.8 Å². The van der Waals surface area contributed by atoms with Crippen molar-refractivity contribution in [3.05, 3.63) is 169 Å². The van der Waals surface area contributed by atoms with Crippen LogP contribution in [0.25, 0.3) is 11.1 Å². The van der Waals surface area contributed by atoms with Crippen molar-refractivity contribution in [1.29, 1.82) is 0 Å². The van der Waals surface area contributed by atoms with Gasteiger partial charge in [-0.3, -0.25) is 12.2 Å². The first kappa shape index (κ1) is 31.7. The van der Waals surface area contributed by atoms with Gasteiger partial charge in [-0.15, -0.1) is 24.0 Å². The zero-order valence-corrected chi connectivity index (χ0v) is 26.0. The molecule has 0 saturated heterocycles. The first-order valence-corrected chi connectivity index (χ1v) is 17.3. The molecule has 0 N–H and O–H groups in total. The van der Waals surface area contributed by atoms with Crippen LogP contribution < -0.4 is 35.2 Å². The van der Waals surface area contributed by atoms with Gasteiger partial charge in [0.1, 0.15) is 0 Å². The van der Waals surface area contributed by atoms with Gasteiger partial charge in [-0.25, -0.2) is 12.2 Å². The van der Waals surface area contributed by atoms with Gasteiger partial charge in [0.15, 0.2) is 0 Å². The molecule has 4 heteroatoms. The Hall–Kier alpha value is -2.48. The van der Waals surface area contributed by atoms with Crippen molar-refractivity contribution in [1.82, 2.24) is 0 Å². The van der Waals surface area contributed by atoms with Crippen LogP contribution in [-0.4, -0.2) is 5.43 Å². The summed E-state index contributed by atoms with van der Waals surface area (Å²) in [5, 5.41) is 3.03. The number of benzene rings is 4. The Balaban J connectivity index is 0.000000197. The SMILES string of the molecule is [C-]1=CC(c2ccccc2)=CC1.[C-]1=CC(c2ccccc2)=CC1.[Cl-].[Cl-].[Zr+2]=[Si](c1ccccc1)c1ccccc1. The molecule has 0 aromatic heterocycles. The predicted octanol–water partition coefficient (Wildman–Crippen LogP) is 1.01. The summed E-state index contributed by atoms with van der Waals surface area (Å²) in [4.78, 5) is 0. The van der Waals surface area contributed by atoms with Gasteiger partial charge >= 0.3 is 99.8 Å². The molecule has 0 fully saturated rings. The zero-order chi connectivity index (χ0) is 24.8. The van der Waals surface area contributed by atoms with Gasteiger partial charge in [0.05, 0.1) is 0 Å². The van der Waals surface area contributed by atoms with E-state index in [4.69, 9.17) is 0 Å². The molecule has 4 aromatic carbocycles. The van der Waals surface area contributed by atoms with Gasteiger partial charge in [0.25, 0.3) is 0 Å². The Morgan fingerprint density at radius 2 is 0.789 bits per heavy atom. The second kappa shape index (κ2) is 17.9. The molecule has 0 unspecified atom stereocenters. The first-order chi connectivity index (χ1) is 17.8. The van der Waals surface area contributed by atoms with Crippen LogP contribution in [0.3, 0.4) is 0 Å². The molecule has 4 aromatic rings. The monoisotopic (exact) mass is 624 g/mol. The minimum absolute atomic E-state index is 0. The summed E-state index contributed by atoms with van der Waals surface area (Å²) in [6.45, 7) is 0. The molecule has 0 saturated carbocycles. The van der Waals surface area contributed by atoms with Gasteiger partial charge in [0.2, 0.25) is 0 Å². The molecule has 0 nitrogen and oxygen atoms in total. The van der Waals surface area contributed by atoms with Crippen molar-refractivity contribution >= 4 is 27.0 Å². The van der Waals surface area contributed by atoms with Gasteiger partial charge < -0.3 is 24.8 Å². The number of allylic oxidation sites excluding steroid dienone is 8. The second-order valence-corrected chi connectivity index (χ2v) is 13.9. The van der Waals surface area contributed by atoms with Crippen LogP contribution in [0.4, 0.5) is 0 Å². The van der Waals surface area contributed by atoms with Crippen LogP contribution >= 0.6 is 0 Å². The van der Waals surface area contributed by atoms with Crippen LogP contribution in [-0.2, 0) is 23.3 Å². The van der Waals surface area contributed by atoms with E-state index in [-0.39, 0.29) is 24.8 Å². The zero-order valence-electron chi connectivity index (χ0n) is 21.0. The molecule has 0 aliphatic heterocycles. The standard InChI is InChI=1S/C12H10Si.2C11H9.2ClH.Zr/c1-3-7-11(8-4-1)13-12-9-5-2-6-10-12;2*1-2-6-10(7-3-1)11-8-4-5-9-11;;;/h1-10H;2*1-3,6-9H,4H2;2*1H;/q;2*-1;;;+2/p-2. The molecule has 2 aliphatic carbocycles. The van der Waals surface area contributed by atoms with Gasteiger partial charge in [0, 0.05) is 0 Å². The third-order valence-corrected chi connectivity index (χ3v) is 11.8. The molecular weight excluding hydrogens is 599 g/mol. The minimum atomic E-state index is -0.455. The number of rotatable bonds is 4. The predicted molar refractivity (Wildman–Crippen MR) is 152 cm³/mol. The fourth-order valence-electron chi connectivity index (χ4n) is 3.83. The van der Waals surface area contributed by atoms with Gasteiger partial charge in [-0.2, -0.15) is 23.3 Å². The van der Waals surface area contributed by atoms with Crippen molar-refractivity contribution in [2.45, 2.75) is 12.8 Å². The molecular formula is C34H28Cl2SiZr-2. The topological polar surface area (TPSA) is 0 Å². The van der Waals surface area contributed by atoms with Crippen molar-refractivity contribution in [2.24, 2.45) is 0 Å². The van der Waals surface area contributed by atoms with Crippen molar-refractivity contribution < 1.29 is 48.1 Å². The Labute approximate surface area is 255 Å². The van der Waals surface area contributed by atoms with E-state index in [1.165, 1.54) is 32.6 Å². The van der Waals surface area contributed by atoms with Crippen LogP contribution in [0, 0.1) is 12.2 Å². The number of hydrogen-bond acceptors (Lipinski definition) is 0. The average Bonchev–Trinajstić information content (AvgIpc) is 3.71. The molecule has 0 atom stereocenters. The van der Waals surface area contributed by atoms with E-state index in [0.29, 0.717) is 0 Å². The summed E-state index contributed by atoms with van der Waals surface area (Å²) < 4.78 is 0. The van der Waals surface area contributed by atoms with E-state index in [2.05, 4.69) is 146 Å². The molecule has 2 aliphatic rings. The first-order valence-electron chi connectivity index (χ1n) is 12.1. The summed E-state index contributed by atoms with van der Waals surface area (Å²) in [6, 6.07) is 42.5. The Morgan fingerprint density at radius 1 is 0.474 bits per heavy atom. The van der Waals surface area contributed by atoms with E-state index < -0.39 is 5.43 Å². The fourth-order valence-corrected chi connectivity index (χ4v) is 7.68. The van der Waals surface area contributed by atoms with Crippen LogP contribution in [0.1, 0.15) is 24.0 Å². The van der Waals surface area contributed by atoms with Crippen LogP contribution in [0.5, 0.6) is 0 Å². The maximum atomic E-state index is 3.15. The molecule has 188 valence electrons. The summed E-state index contributed by atoms with van der Waals surface area (Å²) >= 11 is 1.64. The normalized spacial score (nSPS) is 12.4. The molecule has 38 heavy (non-hydrogen) atoms. The fraction of sp³-hybridized carbons (Fsp3) is 0.0588. The number of hydrogen-bond donors (Lipinski definition) is 0. The van der Waals surface area contributed by atoms with E-state index in [9.17, 15) is 0 Å². The Bertz CT molecular complexity index is 1250. The third kappa shape index (κ3) is 10.0. The van der Waals surface area contributed by atoms with Crippen LogP contribution in [0.2, 0.25) is 0 Å². The summed E-state index contributed by atoms with van der Waals surface area (Å²) in [5.74, 6) is 0. The van der Waals surface area contributed by atoms with E-state index in [1.807, 2.05) is 12.1 Å². The summed E-state index contributed by atoms with van der Waals surface area (Å²) in [5.41, 5.74) is 4.72. The van der Waals surface area contributed by atoms with Crippen molar-refractivity contribution in [2.75, 3.05) is 0 Å². The van der Waals surface area contributed by atoms with Gasteiger partial charge in [-0.1, -0.05) is 60.7 Å². The Morgan fingerprint density at radius 3 is 1.08 bits per heavy atom. The molecule has 0 amide bonds. The average molecular weight is 627 g/mol. The van der Waals surface area contributed by atoms with Gasteiger partial charge in [-0.05, 0) is 0 Å². The summed E-state index contributed by atoms with van der Waals surface area (Å²) in [6.07, 6.45) is 16.7. The summed E-state index contributed by atoms with van der Waals surface area (Å²) in [7, 11) is 0. The molecule has 0 heterocycles. The van der Waals surface area contributed by atoms with Crippen molar-refractivity contribution in [3.8, 4) is 0 Å². The molecule has 0 spiro atoms.